The Bertz CT molecular complexity index is 1290. The van der Waals surface area contributed by atoms with E-state index in [2.05, 4.69) is 10.00 Å². The molecular formula is C23H21ClN6OS. The fourth-order valence-electron chi connectivity index (χ4n) is 4.15. The summed E-state index contributed by atoms with van der Waals surface area (Å²) in [6.07, 6.45) is 4.09. The summed E-state index contributed by atoms with van der Waals surface area (Å²) < 4.78 is 1.84. The lowest BCUT2D eigenvalue weighted by atomic mass is 10.2. The molecule has 4 aromatic rings. The average molecular weight is 465 g/mol. The predicted molar refractivity (Wildman–Crippen MR) is 126 cm³/mol. The van der Waals surface area contributed by atoms with E-state index in [0.29, 0.717) is 24.0 Å². The molecule has 0 N–H and O–H groups in total. The van der Waals surface area contributed by atoms with Crippen molar-refractivity contribution in [3.63, 3.8) is 0 Å². The second-order valence-corrected chi connectivity index (χ2v) is 9.59. The molecule has 2 fully saturated rings. The van der Waals surface area contributed by atoms with Crippen LogP contribution in [-0.2, 0) is 0 Å². The zero-order valence-electron chi connectivity index (χ0n) is 17.3. The molecule has 1 amide bonds. The maximum atomic E-state index is 12.7. The van der Waals surface area contributed by atoms with Crippen LogP contribution in [0, 0.1) is 0 Å². The summed E-state index contributed by atoms with van der Waals surface area (Å²) in [6, 6.07) is 11.4. The Balaban J connectivity index is 1.33. The van der Waals surface area contributed by atoms with Crippen LogP contribution in [0.15, 0.2) is 48.0 Å². The minimum atomic E-state index is 0.111. The Kier molecular flexibility index (Phi) is 4.84. The number of amides is 1. The highest BCUT2D eigenvalue weighted by atomic mass is 35.5. The first-order chi connectivity index (χ1) is 15.7. The first-order valence-electron chi connectivity index (χ1n) is 10.8. The smallest absolute Gasteiger partial charge is 0.264 e. The maximum Gasteiger partial charge on any atom is 0.264 e. The highest BCUT2D eigenvalue weighted by molar-refractivity contribution is 7.12. The molecular weight excluding hydrogens is 444 g/mol. The van der Waals surface area contributed by atoms with Crippen LogP contribution in [-0.4, -0.2) is 56.7 Å². The molecule has 1 saturated heterocycles. The van der Waals surface area contributed by atoms with Crippen LogP contribution in [0.2, 0.25) is 5.02 Å². The van der Waals surface area contributed by atoms with Crippen LogP contribution in [0.1, 0.15) is 34.3 Å². The fraction of sp³-hybridized carbons (Fsp3) is 0.304. The van der Waals surface area contributed by atoms with Gasteiger partial charge in [0.05, 0.1) is 22.1 Å². The van der Waals surface area contributed by atoms with Crippen LogP contribution in [0.3, 0.4) is 0 Å². The number of carbonyl (C=O) groups is 1. The van der Waals surface area contributed by atoms with Crippen molar-refractivity contribution in [3.05, 3.63) is 63.7 Å². The number of nitrogens with zero attached hydrogens (tertiary/aromatic N) is 6. The van der Waals surface area contributed by atoms with E-state index in [-0.39, 0.29) is 5.91 Å². The number of aromatic nitrogens is 4. The summed E-state index contributed by atoms with van der Waals surface area (Å²) >= 11 is 7.71. The number of fused-ring (bicyclic) bond motifs is 1. The van der Waals surface area contributed by atoms with E-state index >= 15 is 0 Å². The third kappa shape index (κ3) is 3.53. The first kappa shape index (κ1) is 19.7. The minimum Gasteiger partial charge on any atom is -0.352 e. The van der Waals surface area contributed by atoms with Gasteiger partial charge in [-0.25, -0.2) is 14.6 Å². The number of carbonyl (C=O) groups excluding carboxylic acids is 1. The van der Waals surface area contributed by atoms with Crippen LogP contribution in [0.25, 0.3) is 16.7 Å². The summed E-state index contributed by atoms with van der Waals surface area (Å²) in [5.74, 6) is 2.32. The Hall–Kier alpha value is -2.97. The van der Waals surface area contributed by atoms with Crippen molar-refractivity contribution in [2.75, 3.05) is 31.1 Å². The second-order valence-electron chi connectivity index (χ2n) is 8.21. The second kappa shape index (κ2) is 7.86. The van der Waals surface area contributed by atoms with Gasteiger partial charge in [-0.1, -0.05) is 23.7 Å². The van der Waals surface area contributed by atoms with Crippen LogP contribution in [0.5, 0.6) is 0 Å². The van der Waals surface area contributed by atoms with Crippen LogP contribution in [0.4, 0.5) is 5.82 Å². The van der Waals surface area contributed by atoms with Gasteiger partial charge < -0.3 is 9.80 Å². The van der Waals surface area contributed by atoms with E-state index in [1.54, 1.807) is 0 Å². The number of thiophene rings is 1. The van der Waals surface area contributed by atoms with Gasteiger partial charge in [0.2, 0.25) is 0 Å². The van der Waals surface area contributed by atoms with Crippen molar-refractivity contribution in [1.29, 1.82) is 0 Å². The van der Waals surface area contributed by atoms with E-state index in [0.717, 1.165) is 59.2 Å². The molecule has 1 aliphatic heterocycles. The van der Waals surface area contributed by atoms with Crippen molar-refractivity contribution >= 4 is 45.7 Å². The van der Waals surface area contributed by atoms with E-state index in [1.165, 1.54) is 11.3 Å². The van der Waals surface area contributed by atoms with Gasteiger partial charge in [-0.3, -0.25) is 4.79 Å². The highest BCUT2D eigenvalue weighted by Crippen LogP contribution is 2.40. The van der Waals surface area contributed by atoms with Crippen molar-refractivity contribution in [3.8, 4) is 5.69 Å². The molecule has 2 aliphatic rings. The zero-order valence-corrected chi connectivity index (χ0v) is 18.9. The maximum absolute atomic E-state index is 12.7. The lowest BCUT2D eigenvalue weighted by Crippen LogP contribution is -2.49. The number of halogens is 1. The van der Waals surface area contributed by atoms with Gasteiger partial charge in [0.15, 0.2) is 5.65 Å². The van der Waals surface area contributed by atoms with E-state index in [1.807, 2.05) is 57.6 Å². The molecule has 1 aromatic carbocycles. The van der Waals surface area contributed by atoms with Crippen molar-refractivity contribution in [1.82, 2.24) is 24.6 Å². The zero-order chi connectivity index (χ0) is 21.7. The number of hydrogen-bond donors (Lipinski definition) is 0. The van der Waals surface area contributed by atoms with Crippen molar-refractivity contribution < 1.29 is 4.79 Å². The summed E-state index contributed by atoms with van der Waals surface area (Å²) in [6.45, 7) is 2.80. The molecule has 0 bridgehead atoms. The van der Waals surface area contributed by atoms with Gasteiger partial charge in [0.1, 0.15) is 11.6 Å². The van der Waals surface area contributed by atoms with E-state index in [4.69, 9.17) is 21.6 Å². The Morgan fingerprint density at radius 3 is 2.62 bits per heavy atom. The number of anilines is 1. The topological polar surface area (TPSA) is 67.2 Å². The lowest BCUT2D eigenvalue weighted by molar-refractivity contribution is 0.0751. The lowest BCUT2D eigenvalue weighted by Gasteiger charge is -2.35. The first-order valence-corrected chi connectivity index (χ1v) is 12.0. The van der Waals surface area contributed by atoms with Gasteiger partial charge in [-0.15, -0.1) is 11.3 Å². The summed E-state index contributed by atoms with van der Waals surface area (Å²) in [5.41, 5.74) is 1.68. The number of hydrogen-bond acceptors (Lipinski definition) is 6. The van der Waals surface area contributed by atoms with Crippen molar-refractivity contribution in [2.24, 2.45) is 0 Å². The number of piperazine rings is 1. The molecule has 7 nitrogen and oxygen atoms in total. The SMILES string of the molecule is O=C(c1cccs1)N1CCN(c2nc(C3CC3)nc3c2cnn3-c2cccc(Cl)c2)CC1. The molecule has 4 heterocycles. The van der Waals surface area contributed by atoms with Crippen LogP contribution < -0.4 is 4.90 Å². The molecule has 0 spiro atoms. The molecule has 3 aromatic heterocycles. The van der Waals surface area contributed by atoms with Crippen molar-refractivity contribution in [2.45, 2.75) is 18.8 Å². The van der Waals surface area contributed by atoms with Gasteiger partial charge >= 0.3 is 0 Å². The average Bonchev–Trinajstić information content (AvgIpc) is 3.35. The van der Waals surface area contributed by atoms with Gasteiger partial charge in [-0.2, -0.15) is 5.10 Å². The highest BCUT2D eigenvalue weighted by Gasteiger charge is 2.31. The molecule has 6 rings (SSSR count). The predicted octanol–water partition coefficient (Wildman–Crippen LogP) is 4.37. The number of rotatable bonds is 4. The van der Waals surface area contributed by atoms with Gasteiger partial charge in [0, 0.05) is 37.1 Å². The molecule has 32 heavy (non-hydrogen) atoms. The summed E-state index contributed by atoms with van der Waals surface area (Å²) in [4.78, 5) is 27.6. The van der Waals surface area contributed by atoms with Gasteiger partial charge in [0.25, 0.3) is 5.91 Å². The number of benzene rings is 1. The molecule has 0 unspecified atom stereocenters. The van der Waals surface area contributed by atoms with Gasteiger partial charge in [-0.05, 0) is 42.5 Å². The Morgan fingerprint density at radius 2 is 1.91 bits per heavy atom. The quantitative estimate of drug-likeness (QED) is 0.448. The minimum absolute atomic E-state index is 0.111. The van der Waals surface area contributed by atoms with Crippen LogP contribution >= 0.6 is 22.9 Å². The third-order valence-electron chi connectivity index (χ3n) is 6.02. The third-order valence-corrected chi connectivity index (χ3v) is 7.11. The molecule has 9 heteroatoms. The molecule has 0 radical (unpaired) electrons. The molecule has 1 saturated carbocycles. The Labute approximate surface area is 194 Å². The largest absolute Gasteiger partial charge is 0.352 e. The Morgan fingerprint density at radius 1 is 1.06 bits per heavy atom. The molecule has 0 atom stereocenters. The van der Waals surface area contributed by atoms with E-state index < -0.39 is 0 Å². The van der Waals surface area contributed by atoms with E-state index in [9.17, 15) is 4.79 Å². The molecule has 1 aliphatic carbocycles. The summed E-state index contributed by atoms with van der Waals surface area (Å²) in [5, 5.41) is 8.15. The fourth-order valence-corrected chi connectivity index (χ4v) is 5.02. The summed E-state index contributed by atoms with van der Waals surface area (Å²) in [7, 11) is 0. The normalized spacial score (nSPS) is 16.7. The standard InChI is InChI=1S/C23H21ClN6OS/c24-16-3-1-4-17(13-16)30-22-18(14-25-30)21(26-20(27-22)15-6-7-15)28-8-10-29(11-9-28)23(31)19-5-2-12-32-19/h1-5,12-15H,6-11H2. The monoisotopic (exact) mass is 464 g/mol. The molecule has 162 valence electrons.